The Morgan fingerprint density at radius 2 is 0.631 bits per heavy atom. The molecule has 390 valence electrons. The van der Waals surface area contributed by atoms with E-state index in [9.17, 15) is 0 Å². The maximum Gasteiger partial charge on any atom is 0.256 e. The minimum Gasteiger partial charge on any atom is -0.458 e. The van der Waals surface area contributed by atoms with Gasteiger partial charge in [0.1, 0.15) is 23.0 Å². The van der Waals surface area contributed by atoms with Crippen LogP contribution in [-0.2, 0) is 0 Å². The normalized spacial score (nSPS) is 13.6. The number of hydrogen-bond acceptors (Lipinski definition) is 4. The number of anilines is 6. The lowest BCUT2D eigenvalue weighted by Gasteiger charge is -2.44. The van der Waals surface area contributed by atoms with Crippen molar-refractivity contribution in [2.75, 3.05) is 9.80 Å². The summed E-state index contributed by atoms with van der Waals surface area (Å²) in [5.41, 5.74) is 24.3. The predicted octanol–water partition coefficient (Wildman–Crippen LogP) is 16.9. The molecule has 4 aliphatic heterocycles. The van der Waals surface area contributed by atoms with Crippen LogP contribution in [-0.4, -0.2) is 13.4 Å². The van der Waals surface area contributed by atoms with E-state index >= 15 is 0 Å². The predicted molar refractivity (Wildman–Crippen MR) is 355 cm³/mol. The number of aryl methyl sites for hydroxylation is 4. The van der Waals surface area contributed by atoms with Gasteiger partial charge in [-0.1, -0.05) is 176 Å². The quantitative estimate of drug-likeness (QED) is 0.130. The smallest absolute Gasteiger partial charge is 0.256 e. The average Bonchev–Trinajstić information content (AvgIpc) is 0.931. The van der Waals surface area contributed by atoms with E-state index in [4.69, 9.17) is 9.47 Å². The molecule has 84 heavy (non-hydrogen) atoms. The fourth-order valence-corrected chi connectivity index (χ4v) is 16.1. The third-order valence-corrected chi connectivity index (χ3v) is 19.6. The summed E-state index contributed by atoms with van der Waals surface area (Å²) in [5, 5.41) is 15.0. The van der Waals surface area contributed by atoms with Gasteiger partial charge in [0.05, 0.1) is 11.4 Å². The zero-order valence-electron chi connectivity index (χ0n) is 46.8. The first-order valence-electron chi connectivity index (χ1n) is 29.5. The summed E-state index contributed by atoms with van der Waals surface area (Å²) in [4.78, 5) is 5.17. The molecule has 0 atom stereocenters. The molecule has 4 heterocycles. The van der Waals surface area contributed by atoms with Crippen LogP contribution in [0.1, 0.15) is 22.3 Å². The molecule has 0 unspecified atom stereocenters. The summed E-state index contributed by atoms with van der Waals surface area (Å²) < 4.78 is 14.0. The molecule has 0 radical (unpaired) electrons. The van der Waals surface area contributed by atoms with Gasteiger partial charge in [-0.05, 0) is 213 Å². The molecule has 6 heteroatoms. The van der Waals surface area contributed by atoms with Crippen LogP contribution in [0.3, 0.4) is 0 Å². The van der Waals surface area contributed by atoms with Crippen LogP contribution in [0.15, 0.2) is 231 Å². The molecule has 0 N–H and O–H groups in total. The maximum absolute atomic E-state index is 7.01. The zero-order chi connectivity index (χ0) is 55.4. The van der Waals surface area contributed by atoms with Crippen LogP contribution in [0, 0.1) is 27.7 Å². The van der Waals surface area contributed by atoms with Crippen molar-refractivity contribution in [3.05, 3.63) is 253 Å². The second kappa shape index (κ2) is 16.7. The molecule has 4 nitrogen and oxygen atoms in total. The van der Waals surface area contributed by atoms with Gasteiger partial charge < -0.3 is 19.3 Å². The van der Waals surface area contributed by atoms with Crippen molar-refractivity contribution in [1.82, 2.24) is 0 Å². The van der Waals surface area contributed by atoms with Crippen molar-refractivity contribution >= 4 is 145 Å². The lowest BCUT2D eigenvalue weighted by molar-refractivity contribution is 0.487. The van der Waals surface area contributed by atoms with Gasteiger partial charge in [0.2, 0.25) is 0 Å². The van der Waals surface area contributed by atoms with Gasteiger partial charge in [0, 0.05) is 33.5 Å². The number of benzene rings is 15. The van der Waals surface area contributed by atoms with Gasteiger partial charge in [0.25, 0.3) is 13.4 Å². The van der Waals surface area contributed by atoms with Crippen molar-refractivity contribution in [2.45, 2.75) is 27.7 Å². The molecule has 0 saturated heterocycles. The molecule has 0 bridgehead atoms. The zero-order valence-corrected chi connectivity index (χ0v) is 46.8. The van der Waals surface area contributed by atoms with Crippen molar-refractivity contribution in [1.29, 1.82) is 0 Å². The summed E-state index contributed by atoms with van der Waals surface area (Å²) in [6.45, 7) is 8.75. The number of nitrogens with zero attached hydrogens (tertiary/aromatic N) is 2. The highest BCUT2D eigenvalue weighted by Crippen LogP contribution is 2.52. The molecule has 0 fully saturated rings. The molecule has 0 amide bonds. The van der Waals surface area contributed by atoms with Gasteiger partial charge in [-0.2, -0.15) is 0 Å². The standard InChI is InChI=1S/C78H50B2N2O2/c1-43-13-9-14-44(2)71(43)51-33-25-47-29-37-55-61(39-31-49-27-35-53(51)73(47)75(49)55)81-63-19-11-23-69-77(63)79(57-17-5-7-21-67(57)83-69)59-41-60-66(42-65(59)81)82(64-20-12-24-70-78(64)80(60)58-18-6-8-22-68(58)84-70)62-40-32-50-28-36-54-52(72-45(3)15-10-16-46(72)4)34-26-48-30-38-56(62)76(50)74(48)54/h5-42H,1-4H3. The summed E-state index contributed by atoms with van der Waals surface area (Å²) in [7, 11) is 0. The highest BCUT2D eigenvalue weighted by Gasteiger charge is 2.47. The summed E-state index contributed by atoms with van der Waals surface area (Å²) >= 11 is 0. The third kappa shape index (κ3) is 6.04. The van der Waals surface area contributed by atoms with E-state index in [0.717, 1.165) is 57.1 Å². The number of hydrogen-bond donors (Lipinski definition) is 0. The molecular formula is C78H50B2N2O2. The molecule has 15 aromatic carbocycles. The van der Waals surface area contributed by atoms with Crippen molar-refractivity contribution < 1.29 is 9.47 Å². The maximum atomic E-state index is 7.01. The summed E-state index contributed by atoms with van der Waals surface area (Å²) in [6, 6.07) is 86.8. The van der Waals surface area contributed by atoms with Crippen LogP contribution < -0.4 is 52.1 Å². The topological polar surface area (TPSA) is 24.9 Å². The Morgan fingerprint density at radius 1 is 0.274 bits per heavy atom. The molecule has 15 aromatic rings. The van der Waals surface area contributed by atoms with E-state index in [2.05, 4.69) is 268 Å². The Labute approximate surface area is 487 Å². The second-order valence-corrected chi connectivity index (χ2v) is 23.9. The Balaban J connectivity index is 0.919. The van der Waals surface area contributed by atoms with Gasteiger partial charge in [-0.3, -0.25) is 0 Å². The largest absolute Gasteiger partial charge is 0.458 e. The minimum atomic E-state index is -0.113. The van der Waals surface area contributed by atoms with Crippen LogP contribution in [0.25, 0.3) is 86.9 Å². The number of ether oxygens (including phenoxy) is 2. The SMILES string of the molecule is Cc1cccc(C)c1-c1ccc2ccc3c(N4c5cc6c(cc5B5c7ccccc7Oc7cccc4c75)B4c5ccccc5Oc5cccc(c54)N6c4ccc5ccc6c(-c7c(C)cccc7C)ccc7ccc4c5c76)ccc4ccc1c2c43. The molecule has 0 aliphatic carbocycles. The van der Waals surface area contributed by atoms with Gasteiger partial charge in [0.15, 0.2) is 0 Å². The summed E-state index contributed by atoms with van der Waals surface area (Å²) in [6.07, 6.45) is 0. The van der Waals surface area contributed by atoms with Crippen LogP contribution in [0.2, 0.25) is 0 Å². The van der Waals surface area contributed by atoms with Crippen molar-refractivity contribution in [2.24, 2.45) is 0 Å². The van der Waals surface area contributed by atoms with E-state index in [0.29, 0.717) is 0 Å². The van der Waals surface area contributed by atoms with Gasteiger partial charge in [-0.15, -0.1) is 0 Å². The first-order valence-corrected chi connectivity index (χ1v) is 29.5. The van der Waals surface area contributed by atoms with E-state index in [-0.39, 0.29) is 13.4 Å². The Hall–Kier alpha value is -10.3. The fourth-order valence-electron chi connectivity index (χ4n) is 16.1. The van der Waals surface area contributed by atoms with Gasteiger partial charge >= 0.3 is 0 Å². The minimum absolute atomic E-state index is 0.113. The van der Waals surface area contributed by atoms with E-state index in [1.54, 1.807) is 0 Å². The highest BCUT2D eigenvalue weighted by atomic mass is 16.5. The fraction of sp³-hybridized carbons (Fsp3) is 0.0513. The van der Waals surface area contributed by atoms with Gasteiger partial charge in [-0.25, -0.2) is 0 Å². The second-order valence-electron chi connectivity index (χ2n) is 23.9. The number of fused-ring (bicyclic) bond motifs is 8. The average molecular weight is 1070 g/mol. The first kappa shape index (κ1) is 46.3. The lowest BCUT2D eigenvalue weighted by Crippen LogP contribution is -2.63. The first-order chi connectivity index (χ1) is 41.3. The van der Waals surface area contributed by atoms with Crippen LogP contribution in [0.4, 0.5) is 34.1 Å². The van der Waals surface area contributed by atoms with Crippen LogP contribution >= 0.6 is 0 Å². The van der Waals surface area contributed by atoms with Crippen molar-refractivity contribution in [3.63, 3.8) is 0 Å². The van der Waals surface area contributed by atoms with Crippen LogP contribution in [0.5, 0.6) is 23.0 Å². The van der Waals surface area contributed by atoms with Crippen molar-refractivity contribution in [3.8, 4) is 45.3 Å². The Morgan fingerprint density at radius 3 is 1.07 bits per heavy atom. The van der Waals surface area contributed by atoms with E-state index in [1.165, 1.54) is 142 Å². The monoisotopic (exact) mass is 1070 g/mol. The third-order valence-electron chi connectivity index (χ3n) is 19.6. The molecule has 0 aromatic heterocycles. The lowest BCUT2D eigenvalue weighted by atomic mass is 9.31. The van der Waals surface area contributed by atoms with E-state index in [1.807, 2.05) is 0 Å². The summed E-state index contributed by atoms with van der Waals surface area (Å²) in [5.74, 6) is 3.57. The Kier molecular flexibility index (Phi) is 9.20. The molecule has 19 rings (SSSR count). The molecule has 4 aliphatic rings. The Bertz CT molecular complexity index is 5060. The molecule has 0 saturated carbocycles. The molecule has 0 spiro atoms. The highest BCUT2D eigenvalue weighted by molar-refractivity contribution is 7.02. The van der Waals surface area contributed by atoms with E-state index < -0.39 is 0 Å². The number of rotatable bonds is 4. The number of para-hydroxylation sites is 2. The molecular weight excluding hydrogens is 1020 g/mol.